The summed E-state index contributed by atoms with van der Waals surface area (Å²) in [5.41, 5.74) is -6.23. The summed E-state index contributed by atoms with van der Waals surface area (Å²) in [6.45, 7) is 5.42. The van der Waals surface area contributed by atoms with Crippen molar-refractivity contribution in [3.05, 3.63) is 29.8 Å². The molecular formula is C19H24F6N2O3. The van der Waals surface area contributed by atoms with Crippen molar-refractivity contribution in [1.29, 1.82) is 0 Å². The van der Waals surface area contributed by atoms with E-state index in [1.807, 2.05) is 13.8 Å². The van der Waals surface area contributed by atoms with Crippen LogP contribution in [0.15, 0.2) is 24.3 Å². The van der Waals surface area contributed by atoms with Gasteiger partial charge in [0, 0.05) is 30.9 Å². The van der Waals surface area contributed by atoms with E-state index >= 15 is 0 Å². The number of carbonyl (C=O) groups excluding carboxylic acids is 1. The number of nitrogens with zero attached hydrogens (tertiary/aromatic N) is 2. The van der Waals surface area contributed by atoms with Gasteiger partial charge in [0.15, 0.2) is 0 Å². The molecule has 5 nitrogen and oxygen atoms in total. The van der Waals surface area contributed by atoms with Crippen LogP contribution in [-0.2, 0) is 10.3 Å². The lowest BCUT2D eigenvalue weighted by Crippen LogP contribution is -2.54. The summed E-state index contributed by atoms with van der Waals surface area (Å²) in [4.78, 5) is 15.7. The van der Waals surface area contributed by atoms with E-state index in [9.17, 15) is 36.2 Å². The Morgan fingerprint density at radius 1 is 1.07 bits per heavy atom. The summed E-state index contributed by atoms with van der Waals surface area (Å²) in [6, 6.07) is 2.65. The number of alkyl halides is 6. The minimum Gasteiger partial charge on any atom is -0.378 e. The third-order valence-corrected chi connectivity index (χ3v) is 4.86. The molecule has 0 saturated carbocycles. The fourth-order valence-electron chi connectivity index (χ4n) is 3.02. The van der Waals surface area contributed by atoms with Crippen LogP contribution in [0, 0.1) is 5.92 Å². The number of urea groups is 1. The third kappa shape index (κ3) is 5.00. The molecule has 1 aromatic carbocycles. The average Bonchev–Trinajstić information content (AvgIpc) is 2.66. The molecule has 11 heteroatoms. The third-order valence-electron chi connectivity index (χ3n) is 4.86. The molecule has 1 aliphatic rings. The number of carbonyl (C=O) groups is 1. The van der Waals surface area contributed by atoms with Crippen molar-refractivity contribution in [3.63, 3.8) is 0 Å². The molecule has 0 radical (unpaired) electrons. The van der Waals surface area contributed by atoms with Gasteiger partial charge >= 0.3 is 18.4 Å². The highest BCUT2D eigenvalue weighted by atomic mass is 19.4. The summed E-state index contributed by atoms with van der Waals surface area (Å²) >= 11 is 0. The van der Waals surface area contributed by atoms with Crippen LogP contribution in [0.1, 0.15) is 25.8 Å². The van der Waals surface area contributed by atoms with E-state index in [1.165, 1.54) is 9.80 Å². The van der Waals surface area contributed by atoms with Crippen LogP contribution in [0.25, 0.3) is 0 Å². The predicted octanol–water partition coefficient (Wildman–Crippen LogP) is 4.30. The van der Waals surface area contributed by atoms with Crippen LogP contribution in [0.4, 0.5) is 36.8 Å². The number of hydrogen-bond donors (Lipinski definition) is 1. The Hall–Kier alpha value is -2.01. The zero-order valence-corrected chi connectivity index (χ0v) is 16.6. The summed E-state index contributed by atoms with van der Waals surface area (Å²) < 4.78 is 83.6. The zero-order valence-electron chi connectivity index (χ0n) is 16.6. The van der Waals surface area contributed by atoms with Crippen molar-refractivity contribution in [2.75, 3.05) is 37.7 Å². The Morgan fingerprint density at radius 3 is 2.00 bits per heavy atom. The van der Waals surface area contributed by atoms with Crippen molar-refractivity contribution in [3.8, 4) is 0 Å². The highest BCUT2D eigenvalue weighted by Crippen LogP contribution is 2.50. The lowest BCUT2D eigenvalue weighted by Gasteiger charge is -2.34. The highest BCUT2D eigenvalue weighted by molar-refractivity contribution is 5.92. The van der Waals surface area contributed by atoms with E-state index in [2.05, 4.69) is 0 Å². The number of amides is 2. The van der Waals surface area contributed by atoms with Gasteiger partial charge in [-0.15, -0.1) is 0 Å². The number of hydrogen-bond acceptors (Lipinski definition) is 3. The van der Waals surface area contributed by atoms with Gasteiger partial charge in [0.25, 0.3) is 5.60 Å². The van der Waals surface area contributed by atoms with Crippen molar-refractivity contribution in [2.24, 2.45) is 5.92 Å². The number of ether oxygens (including phenoxy) is 1. The van der Waals surface area contributed by atoms with Crippen LogP contribution in [0.5, 0.6) is 0 Å². The minimum absolute atomic E-state index is 0.141. The number of anilines is 1. The second-order valence-corrected chi connectivity index (χ2v) is 7.47. The average molecular weight is 442 g/mol. The quantitative estimate of drug-likeness (QED) is 0.692. The molecule has 2 rings (SSSR count). The minimum atomic E-state index is -5.96. The summed E-state index contributed by atoms with van der Waals surface area (Å²) in [5.74, 6) is 0.213. The lowest BCUT2D eigenvalue weighted by atomic mass is 9.92. The van der Waals surface area contributed by atoms with Gasteiger partial charge in [-0.3, -0.25) is 4.90 Å². The molecule has 0 aromatic heterocycles. The molecule has 1 fully saturated rings. The van der Waals surface area contributed by atoms with Gasteiger partial charge in [0.05, 0.1) is 13.2 Å². The van der Waals surface area contributed by atoms with Gasteiger partial charge in [-0.05, 0) is 24.5 Å². The molecule has 170 valence electrons. The first-order valence-corrected chi connectivity index (χ1v) is 9.39. The Kier molecular flexibility index (Phi) is 7.28. The van der Waals surface area contributed by atoms with Gasteiger partial charge in [-0.1, -0.05) is 26.0 Å². The number of rotatable bonds is 5. The van der Waals surface area contributed by atoms with Gasteiger partial charge in [-0.2, -0.15) is 26.3 Å². The van der Waals surface area contributed by atoms with E-state index in [0.29, 0.717) is 44.9 Å². The SMILES string of the molecule is CC(C)CCN(C(=O)N1CCOCC1)c1ccc(C(O)(C(F)(F)F)C(F)(F)F)cc1. The van der Waals surface area contributed by atoms with Gasteiger partial charge in [0.2, 0.25) is 0 Å². The zero-order chi connectivity index (χ0) is 22.7. The summed E-state index contributed by atoms with van der Waals surface area (Å²) in [7, 11) is 0. The number of halogens is 6. The normalized spacial score (nSPS) is 16.1. The monoisotopic (exact) mass is 442 g/mol. The molecule has 0 aliphatic carbocycles. The molecule has 0 atom stereocenters. The van der Waals surface area contributed by atoms with Crippen LogP contribution in [0.3, 0.4) is 0 Å². The van der Waals surface area contributed by atoms with Crippen molar-refractivity contribution >= 4 is 11.7 Å². The molecule has 0 unspecified atom stereocenters. The Morgan fingerprint density at radius 2 is 1.57 bits per heavy atom. The fourth-order valence-corrected chi connectivity index (χ4v) is 3.02. The fraction of sp³-hybridized carbons (Fsp3) is 0.632. The topological polar surface area (TPSA) is 53.0 Å². The summed E-state index contributed by atoms with van der Waals surface area (Å²) in [5, 5.41) is 9.52. The molecule has 0 spiro atoms. The smallest absolute Gasteiger partial charge is 0.378 e. The number of morpholine rings is 1. The van der Waals surface area contributed by atoms with E-state index < -0.39 is 29.5 Å². The second-order valence-electron chi connectivity index (χ2n) is 7.47. The first-order chi connectivity index (χ1) is 13.8. The molecule has 0 bridgehead atoms. The van der Waals surface area contributed by atoms with E-state index in [0.717, 1.165) is 12.1 Å². The molecule has 1 aromatic rings. The van der Waals surface area contributed by atoms with Crippen molar-refractivity contribution in [1.82, 2.24) is 4.90 Å². The first kappa shape index (κ1) is 24.3. The van der Waals surface area contributed by atoms with Crippen LogP contribution >= 0.6 is 0 Å². The highest BCUT2D eigenvalue weighted by Gasteiger charge is 2.71. The van der Waals surface area contributed by atoms with Crippen molar-refractivity contribution < 1.29 is 41.0 Å². The van der Waals surface area contributed by atoms with Gasteiger partial charge in [-0.25, -0.2) is 4.79 Å². The second kappa shape index (κ2) is 9.01. The molecular weight excluding hydrogens is 418 g/mol. The predicted molar refractivity (Wildman–Crippen MR) is 97.0 cm³/mol. The van der Waals surface area contributed by atoms with Crippen molar-refractivity contribution in [2.45, 2.75) is 38.2 Å². The Balaban J connectivity index is 2.37. The van der Waals surface area contributed by atoms with Crippen LogP contribution in [0.2, 0.25) is 0 Å². The standard InChI is InChI=1S/C19H24F6N2O3/c1-13(2)7-8-27(16(28)26-9-11-30-12-10-26)15-5-3-14(4-6-15)17(29,18(20,21)22)19(23,24)25/h3-6,13,29H,7-12H2,1-2H3. The van der Waals surface area contributed by atoms with Gasteiger partial charge < -0.3 is 14.7 Å². The maximum absolute atomic E-state index is 13.1. The molecule has 1 heterocycles. The lowest BCUT2D eigenvalue weighted by molar-refractivity contribution is -0.376. The number of benzene rings is 1. The Bertz CT molecular complexity index is 698. The van der Waals surface area contributed by atoms with Gasteiger partial charge in [0.1, 0.15) is 0 Å². The molecule has 1 aliphatic heterocycles. The van der Waals surface area contributed by atoms with E-state index in [-0.39, 0.29) is 18.2 Å². The molecule has 30 heavy (non-hydrogen) atoms. The molecule has 1 N–H and O–H groups in total. The summed E-state index contributed by atoms with van der Waals surface area (Å²) in [6.07, 6.45) is -11.4. The Labute approximate surface area is 170 Å². The molecule has 1 saturated heterocycles. The van der Waals surface area contributed by atoms with Crippen LogP contribution in [-0.4, -0.2) is 61.2 Å². The maximum Gasteiger partial charge on any atom is 0.430 e. The number of aliphatic hydroxyl groups is 1. The largest absolute Gasteiger partial charge is 0.430 e. The molecule has 2 amide bonds. The van der Waals surface area contributed by atoms with E-state index in [1.54, 1.807) is 0 Å². The maximum atomic E-state index is 13.1. The van der Waals surface area contributed by atoms with E-state index in [4.69, 9.17) is 4.74 Å². The first-order valence-electron chi connectivity index (χ1n) is 9.39. The van der Waals surface area contributed by atoms with Crippen LogP contribution < -0.4 is 4.90 Å².